The third-order valence-corrected chi connectivity index (χ3v) is 3.87. The Morgan fingerprint density at radius 1 is 1.39 bits per heavy atom. The fourth-order valence-corrected chi connectivity index (χ4v) is 2.97. The van der Waals surface area contributed by atoms with Crippen molar-refractivity contribution in [2.75, 3.05) is 0 Å². The number of hydrogen-bond acceptors (Lipinski definition) is 3. The molecule has 0 spiro atoms. The fourth-order valence-electron chi connectivity index (χ4n) is 1.76. The van der Waals surface area contributed by atoms with E-state index in [1.165, 1.54) is 24.2 Å². The molecule has 102 valence electrons. The second-order valence-corrected chi connectivity index (χ2v) is 6.19. The molecule has 6 heteroatoms. The number of aromatic nitrogens is 1. The highest BCUT2D eigenvalue weighted by atomic mass is 32.1. The van der Waals surface area contributed by atoms with Gasteiger partial charge in [-0.05, 0) is 18.8 Å². The maximum absolute atomic E-state index is 12.4. The van der Waals surface area contributed by atoms with E-state index in [9.17, 15) is 13.2 Å². The smallest absolute Gasteiger partial charge is 0.309 e. The van der Waals surface area contributed by atoms with Gasteiger partial charge < -0.3 is 5.32 Å². The Hall–Kier alpha value is -0.620. The van der Waals surface area contributed by atoms with Gasteiger partial charge in [0, 0.05) is 17.5 Å². The zero-order valence-electron chi connectivity index (χ0n) is 10.5. The molecule has 0 aromatic carbocycles. The van der Waals surface area contributed by atoms with Crippen LogP contribution in [0.15, 0.2) is 0 Å². The first-order chi connectivity index (χ1) is 8.35. The minimum Gasteiger partial charge on any atom is -0.309 e. The van der Waals surface area contributed by atoms with Crippen LogP contribution in [0.3, 0.4) is 0 Å². The number of nitrogens with zero attached hydrogens (tertiary/aromatic N) is 1. The first kappa shape index (κ1) is 13.8. The minimum absolute atomic E-state index is 0.166. The van der Waals surface area contributed by atoms with E-state index in [0.29, 0.717) is 12.6 Å². The molecule has 2 rings (SSSR count). The first-order valence-electron chi connectivity index (χ1n) is 6.14. The monoisotopic (exact) mass is 278 g/mol. The van der Waals surface area contributed by atoms with E-state index in [0.717, 1.165) is 10.6 Å². The molecule has 1 aromatic rings. The van der Waals surface area contributed by atoms with Gasteiger partial charge >= 0.3 is 6.18 Å². The van der Waals surface area contributed by atoms with Crippen molar-refractivity contribution < 1.29 is 13.2 Å². The number of hydrogen-bond donors (Lipinski definition) is 1. The molecule has 1 heterocycles. The van der Waals surface area contributed by atoms with E-state index in [4.69, 9.17) is 0 Å². The summed E-state index contributed by atoms with van der Waals surface area (Å²) in [5.74, 6) is 0.166. The Bertz CT molecular complexity index is 408. The van der Waals surface area contributed by atoms with Crippen molar-refractivity contribution in [3.8, 4) is 0 Å². The first-order valence-corrected chi connectivity index (χ1v) is 6.95. The largest absolute Gasteiger partial charge is 0.395 e. The molecule has 1 N–H and O–H groups in total. The number of thiazole rings is 1. The topological polar surface area (TPSA) is 24.9 Å². The fraction of sp³-hybridized carbons (Fsp3) is 0.750. The van der Waals surface area contributed by atoms with Crippen LogP contribution in [0.25, 0.3) is 0 Å². The van der Waals surface area contributed by atoms with Crippen molar-refractivity contribution in [1.82, 2.24) is 10.3 Å². The van der Waals surface area contributed by atoms with Crippen LogP contribution in [-0.2, 0) is 13.0 Å². The third-order valence-electron chi connectivity index (χ3n) is 2.80. The lowest BCUT2D eigenvalue weighted by molar-refractivity contribution is -0.127. The lowest BCUT2D eigenvalue weighted by atomic mass is 10.1. The third kappa shape index (κ3) is 3.95. The Morgan fingerprint density at radius 3 is 2.56 bits per heavy atom. The van der Waals surface area contributed by atoms with Gasteiger partial charge in [0.1, 0.15) is 5.01 Å². The number of alkyl halides is 3. The molecule has 0 amide bonds. The summed E-state index contributed by atoms with van der Waals surface area (Å²) in [6.45, 7) is 4.58. The Labute approximate surface area is 109 Å². The minimum atomic E-state index is -4.17. The lowest BCUT2D eigenvalue weighted by Gasteiger charge is -2.05. The second-order valence-electron chi connectivity index (χ2n) is 5.02. The highest BCUT2D eigenvalue weighted by Crippen LogP contribution is 2.30. The standard InChI is InChI=1S/C12H17F3N2S/c1-7(2)11-9(6-16-8-3-4-8)18-10(17-11)5-12(13,14)15/h7-8,16H,3-6H2,1-2H3. The van der Waals surface area contributed by atoms with Crippen LogP contribution in [0, 0.1) is 0 Å². The number of rotatable bonds is 5. The van der Waals surface area contributed by atoms with Gasteiger partial charge in [-0.2, -0.15) is 13.2 Å². The molecule has 0 radical (unpaired) electrons. The zero-order chi connectivity index (χ0) is 13.3. The van der Waals surface area contributed by atoms with Crippen LogP contribution in [0.1, 0.15) is 48.2 Å². The molecular formula is C12H17F3N2S. The van der Waals surface area contributed by atoms with Crippen LogP contribution in [0.5, 0.6) is 0 Å². The summed E-state index contributed by atoms with van der Waals surface area (Å²) < 4.78 is 37.1. The average molecular weight is 278 g/mol. The second kappa shape index (κ2) is 5.17. The molecule has 18 heavy (non-hydrogen) atoms. The Balaban J connectivity index is 2.09. The normalized spacial score (nSPS) is 16.6. The molecule has 0 unspecified atom stereocenters. The Kier molecular flexibility index (Phi) is 3.96. The quantitative estimate of drug-likeness (QED) is 0.889. The molecule has 1 saturated carbocycles. The van der Waals surface area contributed by atoms with E-state index in [-0.39, 0.29) is 10.9 Å². The zero-order valence-corrected chi connectivity index (χ0v) is 11.3. The summed E-state index contributed by atoms with van der Waals surface area (Å²) in [7, 11) is 0. The van der Waals surface area contributed by atoms with E-state index in [1.54, 1.807) is 0 Å². The van der Waals surface area contributed by atoms with E-state index in [2.05, 4.69) is 10.3 Å². The highest BCUT2D eigenvalue weighted by Gasteiger charge is 2.30. The molecular weight excluding hydrogens is 261 g/mol. The van der Waals surface area contributed by atoms with Gasteiger partial charge in [0.2, 0.25) is 0 Å². The molecule has 0 aliphatic heterocycles. The van der Waals surface area contributed by atoms with Crippen molar-refractivity contribution >= 4 is 11.3 Å². The summed E-state index contributed by atoms with van der Waals surface area (Å²) in [5.41, 5.74) is 0.812. The summed E-state index contributed by atoms with van der Waals surface area (Å²) in [6.07, 6.45) is -2.75. The van der Waals surface area contributed by atoms with Crippen LogP contribution in [0.4, 0.5) is 13.2 Å². The van der Waals surface area contributed by atoms with Crippen LogP contribution in [-0.4, -0.2) is 17.2 Å². The molecule has 1 aromatic heterocycles. The van der Waals surface area contributed by atoms with Crippen LogP contribution >= 0.6 is 11.3 Å². The maximum atomic E-state index is 12.4. The van der Waals surface area contributed by atoms with Crippen molar-refractivity contribution in [2.24, 2.45) is 0 Å². The number of halogens is 3. The van der Waals surface area contributed by atoms with Gasteiger partial charge in [-0.3, -0.25) is 0 Å². The maximum Gasteiger partial charge on any atom is 0.395 e. The van der Waals surface area contributed by atoms with Gasteiger partial charge in [0.15, 0.2) is 0 Å². The lowest BCUT2D eigenvalue weighted by Crippen LogP contribution is -2.15. The van der Waals surface area contributed by atoms with Crippen LogP contribution in [0.2, 0.25) is 0 Å². The molecule has 0 saturated heterocycles. The predicted octanol–water partition coefficient (Wildman–Crippen LogP) is 3.62. The van der Waals surface area contributed by atoms with Crippen molar-refractivity contribution in [3.05, 3.63) is 15.6 Å². The molecule has 1 fully saturated rings. The van der Waals surface area contributed by atoms with Gasteiger partial charge in [0.25, 0.3) is 0 Å². The van der Waals surface area contributed by atoms with Gasteiger partial charge in [-0.25, -0.2) is 4.98 Å². The van der Waals surface area contributed by atoms with Crippen LogP contribution < -0.4 is 5.32 Å². The van der Waals surface area contributed by atoms with E-state index >= 15 is 0 Å². The van der Waals surface area contributed by atoms with Crippen molar-refractivity contribution in [2.45, 2.75) is 57.8 Å². The SMILES string of the molecule is CC(C)c1nc(CC(F)(F)F)sc1CNC1CC1. The highest BCUT2D eigenvalue weighted by molar-refractivity contribution is 7.11. The summed E-state index contributed by atoms with van der Waals surface area (Å²) in [4.78, 5) is 5.11. The average Bonchev–Trinajstić information content (AvgIpc) is 2.95. The van der Waals surface area contributed by atoms with Crippen molar-refractivity contribution in [3.63, 3.8) is 0 Å². The van der Waals surface area contributed by atoms with Gasteiger partial charge in [0.05, 0.1) is 12.1 Å². The molecule has 1 aliphatic rings. The van der Waals surface area contributed by atoms with E-state index < -0.39 is 12.6 Å². The number of nitrogens with one attached hydrogen (secondary N) is 1. The summed E-state index contributed by atoms with van der Waals surface area (Å²) in [6, 6.07) is 0.554. The molecule has 0 atom stereocenters. The summed E-state index contributed by atoms with van der Waals surface area (Å²) in [5, 5.41) is 3.51. The Morgan fingerprint density at radius 2 is 2.06 bits per heavy atom. The molecule has 0 bridgehead atoms. The summed E-state index contributed by atoms with van der Waals surface area (Å²) >= 11 is 1.19. The molecule has 2 nitrogen and oxygen atoms in total. The van der Waals surface area contributed by atoms with Gasteiger partial charge in [-0.1, -0.05) is 13.8 Å². The molecule has 1 aliphatic carbocycles. The predicted molar refractivity (Wildman–Crippen MR) is 65.8 cm³/mol. The van der Waals surface area contributed by atoms with Crippen molar-refractivity contribution in [1.29, 1.82) is 0 Å². The van der Waals surface area contributed by atoms with Gasteiger partial charge in [-0.15, -0.1) is 11.3 Å². The van der Waals surface area contributed by atoms with E-state index in [1.807, 2.05) is 13.8 Å².